The Labute approximate surface area is 145 Å². The van der Waals surface area contributed by atoms with Crippen LogP contribution in [0.4, 0.5) is 11.4 Å². The van der Waals surface area contributed by atoms with Crippen molar-refractivity contribution in [2.45, 2.75) is 13.3 Å². The van der Waals surface area contributed by atoms with E-state index in [0.29, 0.717) is 19.5 Å². The predicted octanol–water partition coefficient (Wildman–Crippen LogP) is 1.39. The van der Waals surface area contributed by atoms with Crippen LogP contribution < -0.4 is 9.80 Å². The minimum atomic E-state index is -3.09. The van der Waals surface area contributed by atoms with Gasteiger partial charge in [-0.1, -0.05) is 19.1 Å². The van der Waals surface area contributed by atoms with Gasteiger partial charge in [0, 0.05) is 39.3 Å². The molecule has 0 spiro atoms. The van der Waals surface area contributed by atoms with E-state index in [1.165, 1.54) is 11.4 Å². The third-order valence-electron chi connectivity index (χ3n) is 4.67. The fourth-order valence-electron chi connectivity index (χ4n) is 3.40. The number of hydrogen-bond acceptors (Lipinski definition) is 5. The minimum absolute atomic E-state index is 0.247. The molecule has 7 heteroatoms. The highest BCUT2D eigenvalue weighted by Gasteiger charge is 2.27. The lowest BCUT2D eigenvalue weighted by Gasteiger charge is -2.38. The maximum absolute atomic E-state index is 12.2. The van der Waals surface area contributed by atoms with Crippen LogP contribution in [0.1, 0.15) is 13.3 Å². The second-order valence-corrected chi connectivity index (χ2v) is 8.38. The van der Waals surface area contributed by atoms with Crippen LogP contribution in [0.5, 0.6) is 0 Å². The number of para-hydroxylation sites is 2. The number of morpholine rings is 1. The molecule has 0 saturated carbocycles. The number of benzene rings is 1. The van der Waals surface area contributed by atoms with E-state index < -0.39 is 10.0 Å². The first kappa shape index (κ1) is 17.5. The molecular formula is C17H27N3O3S. The summed E-state index contributed by atoms with van der Waals surface area (Å²) in [6, 6.07) is 8.41. The molecule has 2 saturated heterocycles. The van der Waals surface area contributed by atoms with E-state index in [1.807, 2.05) is 6.92 Å². The molecule has 0 amide bonds. The number of hydrogen-bond donors (Lipinski definition) is 0. The summed E-state index contributed by atoms with van der Waals surface area (Å²) in [5.74, 6) is 0.247. The largest absolute Gasteiger partial charge is 0.378 e. The van der Waals surface area contributed by atoms with Gasteiger partial charge in [-0.25, -0.2) is 8.42 Å². The van der Waals surface area contributed by atoms with E-state index >= 15 is 0 Å². The number of sulfonamides is 1. The molecule has 6 nitrogen and oxygen atoms in total. The monoisotopic (exact) mass is 353 g/mol. The van der Waals surface area contributed by atoms with Gasteiger partial charge in [-0.3, -0.25) is 0 Å². The van der Waals surface area contributed by atoms with Crippen molar-refractivity contribution in [1.29, 1.82) is 0 Å². The first-order valence-corrected chi connectivity index (χ1v) is 10.4. The van der Waals surface area contributed by atoms with Crippen molar-refractivity contribution in [2.75, 3.05) is 68.0 Å². The van der Waals surface area contributed by atoms with Gasteiger partial charge in [-0.15, -0.1) is 0 Å². The molecule has 0 aliphatic carbocycles. The quantitative estimate of drug-likeness (QED) is 0.801. The van der Waals surface area contributed by atoms with Gasteiger partial charge in [0.25, 0.3) is 0 Å². The van der Waals surface area contributed by atoms with Crippen molar-refractivity contribution >= 4 is 21.4 Å². The van der Waals surface area contributed by atoms with Gasteiger partial charge in [0.1, 0.15) is 0 Å². The SMILES string of the molecule is CCCS(=O)(=O)N1CCN(c2ccccc2N2CCOCC2)CC1. The smallest absolute Gasteiger partial charge is 0.214 e. The van der Waals surface area contributed by atoms with Crippen LogP contribution in [0.2, 0.25) is 0 Å². The van der Waals surface area contributed by atoms with Gasteiger partial charge < -0.3 is 14.5 Å². The zero-order valence-corrected chi connectivity index (χ0v) is 15.2. The summed E-state index contributed by atoms with van der Waals surface area (Å²) in [7, 11) is -3.09. The maximum atomic E-state index is 12.2. The van der Waals surface area contributed by atoms with Crippen molar-refractivity contribution < 1.29 is 13.2 Å². The minimum Gasteiger partial charge on any atom is -0.378 e. The fourth-order valence-corrected chi connectivity index (χ4v) is 4.89. The number of rotatable bonds is 5. The summed E-state index contributed by atoms with van der Waals surface area (Å²) in [6.07, 6.45) is 0.669. The zero-order chi connectivity index (χ0) is 17.0. The van der Waals surface area contributed by atoms with Crippen LogP contribution in [0, 0.1) is 0 Å². The molecule has 1 aromatic carbocycles. The second-order valence-electron chi connectivity index (χ2n) is 6.29. The van der Waals surface area contributed by atoms with Crippen molar-refractivity contribution in [3.63, 3.8) is 0 Å². The normalized spacial score (nSPS) is 20.4. The Hall–Kier alpha value is -1.31. The second kappa shape index (κ2) is 7.72. The van der Waals surface area contributed by atoms with Crippen molar-refractivity contribution in [3.8, 4) is 0 Å². The summed E-state index contributed by atoms with van der Waals surface area (Å²) in [4.78, 5) is 4.67. The van der Waals surface area contributed by atoms with E-state index in [9.17, 15) is 8.42 Å². The average molecular weight is 353 g/mol. The molecule has 0 atom stereocenters. The Morgan fingerprint density at radius 2 is 1.46 bits per heavy atom. The van der Waals surface area contributed by atoms with E-state index in [4.69, 9.17) is 4.74 Å². The lowest BCUT2D eigenvalue weighted by Crippen LogP contribution is -2.49. The maximum Gasteiger partial charge on any atom is 0.214 e. The topological polar surface area (TPSA) is 53.1 Å². The Morgan fingerprint density at radius 1 is 0.917 bits per heavy atom. The summed E-state index contributed by atoms with van der Waals surface area (Å²) < 4.78 is 31.6. The highest BCUT2D eigenvalue weighted by molar-refractivity contribution is 7.89. The molecule has 0 N–H and O–H groups in total. The van der Waals surface area contributed by atoms with Gasteiger partial charge in [0.05, 0.1) is 30.3 Å². The van der Waals surface area contributed by atoms with Gasteiger partial charge in [-0.05, 0) is 18.6 Å². The lowest BCUT2D eigenvalue weighted by molar-refractivity contribution is 0.122. The molecular weight excluding hydrogens is 326 g/mol. The Balaban J connectivity index is 1.71. The summed E-state index contributed by atoms with van der Waals surface area (Å²) in [5.41, 5.74) is 2.43. The molecule has 0 aromatic heterocycles. The van der Waals surface area contributed by atoms with E-state index in [0.717, 1.165) is 39.4 Å². The molecule has 2 aliphatic rings. The number of ether oxygens (including phenoxy) is 1. The predicted molar refractivity (Wildman–Crippen MR) is 97.3 cm³/mol. The Bertz CT molecular complexity index is 636. The molecule has 134 valence electrons. The first-order valence-electron chi connectivity index (χ1n) is 8.76. The number of nitrogens with zero attached hydrogens (tertiary/aromatic N) is 3. The molecule has 24 heavy (non-hydrogen) atoms. The van der Waals surface area contributed by atoms with Gasteiger partial charge in [0.15, 0.2) is 0 Å². The third kappa shape index (κ3) is 3.84. The summed E-state index contributed by atoms with van der Waals surface area (Å²) in [6.45, 7) is 7.86. The van der Waals surface area contributed by atoms with E-state index in [2.05, 4.69) is 34.1 Å². The molecule has 3 rings (SSSR count). The van der Waals surface area contributed by atoms with Crippen molar-refractivity contribution in [1.82, 2.24) is 4.31 Å². The standard InChI is InChI=1S/C17H27N3O3S/c1-2-15-24(21,22)20-9-7-18(8-10-20)16-5-3-4-6-17(16)19-11-13-23-14-12-19/h3-6H,2,7-15H2,1H3. The Morgan fingerprint density at radius 3 is 2.00 bits per heavy atom. The van der Waals surface area contributed by atoms with E-state index in [1.54, 1.807) is 4.31 Å². The average Bonchev–Trinajstić information content (AvgIpc) is 2.62. The number of anilines is 2. The van der Waals surface area contributed by atoms with Crippen LogP contribution in [0.25, 0.3) is 0 Å². The van der Waals surface area contributed by atoms with Crippen LogP contribution in [0.3, 0.4) is 0 Å². The number of piperazine rings is 1. The van der Waals surface area contributed by atoms with Crippen LogP contribution in [0.15, 0.2) is 24.3 Å². The van der Waals surface area contributed by atoms with Gasteiger partial charge in [-0.2, -0.15) is 4.31 Å². The fraction of sp³-hybridized carbons (Fsp3) is 0.647. The highest BCUT2D eigenvalue weighted by Crippen LogP contribution is 2.30. The molecule has 2 heterocycles. The van der Waals surface area contributed by atoms with Crippen molar-refractivity contribution in [2.24, 2.45) is 0 Å². The molecule has 0 bridgehead atoms. The molecule has 2 aliphatic heterocycles. The van der Waals surface area contributed by atoms with Gasteiger partial charge >= 0.3 is 0 Å². The molecule has 0 unspecified atom stereocenters. The molecule has 2 fully saturated rings. The van der Waals surface area contributed by atoms with Crippen LogP contribution in [-0.2, 0) is 14.8 Å². The van der Waals surface area contributed by atoms with Crippen molar-refractivity contribution in [3.05, 3.63) is 24.3 Å². The molecule has 1 aromatic rings. The Kier molecular flexibility index (Phi) is 5.63. The van der Waals surface area contributed by atoms with Gasteiger partial charge in [0.2, 0.25) is 10.0 Å². The first-order chi connectivity index (χ1) is 11.6. The van der Waals surface area contributed by atoms with E-state index in [-0.39, 0.29) is 5.75 Å². The summed E-state index contributed by atoms with van der Waals surface area (Å²) >= 11 is 0. The van der Waals surface area contributed by atoms with Crippen LogP contribution in [-0.4, -0.2) is 71.0 Å². The lowest BCUT2D eigenvalue weighted by atomic mass is 10.2. The highest BCUT2D eigenvalue weighted by atomic mass is 32.2. The summed E-state index contributed by atoms with van der Waals surface area (Å²) in [5, 5.41) is 0. The van der Waals surface area contributed by atoms with Crippen LogP contribution >= 0.6 is 0 Å². The molecule has 0 radical (unpaired) electrons. The third-order valence-corrected chi connectivity index (χ3v) is 6.74. The zero-order valence-electron chi connectivity index (χ0n) is 14.4.